The van der Waals surface area contributed by atoms with Crippen molar-refractivity contribution in [3.8, 4) is 0 Å². The molecular formula is C16H29N5O7S. The second-order valence-corrected chi connectivity index (χ2v) is 6.55. The molecule has 0 aliphatic carbocycles. The van der Waals surface area contributed by atoms with Crippen molar-refractivity contribution in [2.75, 3.05) is 18.8 Å². The van der Waals surface area contributed by atoms with Crippen LogP contribution in [0.15, 0.2) is 0 Å². The smallest absolute Gasteiger partial charge is 0.327 e. The van der Waals surface area contributed by atoms with Crippen LogP contribution >= 0.6 is 12.6 Å². The minimum absolute atomic E-state index is 0.199. The van der Waals surface area contributed by atoms with Gasteiger partial charge in [0.1, 0.15) is 18.1 Å². The number of rotatable bonds is 15. The van der Waals surface area contributed by atoms with Gasteiger partial charge in [0.15, 0.2) is 0 Å². The summed E-state index contributed by atoms with van der Waals surface area (Å²) in [4.78, 5) is 58.5. The second-order valence-electron chi connectivity index (χ2n) is 6.18. The number of nitrogens with one attached hydrogen (secondary N) is 3. The number of amides is 3. The van der Waals surface area contributed by atoms with E-state index >= 15 is 0 Å². The second kappa shape index (κ2) is 14.6. The normalized spacial score (nSPS) is 13.6. The van der Waals surface area contributed by atoms with Gasteiger partial charge in [0.05, 0.1) is 6.54 Å². The summed E-state index contributed by atoms with van der Waals surface area (Å²) in [5, 5.41) is 24.9. The third-order valence-corrected chi connectivity index (χ3v) is 4.23. The van der Waals surface area contributed by atoms with Crippen molar-refractivity contribution in [2.45, 2.75) is 50.2 Å². The molecule has 0 aromatic rings. The average molecular weight is 436 g/mol. The molecule has 0 radical (unpaired) electrons. The fraction of sp³-hybridized carbons (Fsp3) is 0.688. The van der Waals surface area contributed by atoms with Crippen molar-refractivity contribution in [3.63, 3.8) is 0 Å². The number of carboxylic acids is 2. The van der Waals surface area contributed by atoms with Crippen LogP contribution in [-0.2, 0) is 24.0 Å². The standard InChI is InChI=1S/C16H29N5O7S/c17-6-2-1-3-9(19-12(22)7-18)14(25)20-10(4-5-13(23)24)15(26)21-11(8-29)16(27)28/h9-11,29H,1-8,17-18H2,(H,19,22)(H,20,25)(H,21,26)(H,23,24)(H,27,28). The number of carbonyl (C=O) groups is 5. The summed E-state index contributed by atoms with van der Waals surface area (Å²) in [6.07, 6.45) is 0.645. The summed E-state index contributed by atoms with van der Waals surface area (Å²) < 4.78 is 0. The van der Waals surface area contributed by atoms with Crippen molar-refractivity contribution in [3.05, 3.63) is 0 Å². The molecule has 3 amide bonds. The Labute approximate surface area is 173 Å². The van der Waals surface area contributed by atoms with Crippen LogP contribution in [0.4, 0.5) is 0 Å². The zero-order chi connectivity index (χ0) is 22.4. The highest BCUT2D eigenvalue weighted by atomic mass is 32.1. The molecule has 0 aromatic carbocycles. The molecule has 0 rings (SSSR count). The zero-order valence-electron chi connectivity index (χ0n) is 15.9. The molecule has 0 aromatic heterocycles. The summed E-state index contributed by atoms with van der Waals surface area (Å²) in [6, 6.07) is -3.63. The molecule has 166 valence electrons. The number of hydrogen-bond donors (Lipinski definition) is 8. The molecule has 0 aliphatic heterocycles. The van der Waals surface area contributed by atoms with E-state index in [0.717, 1.165) is 0 Å². The fourth-order valence-electron chi connectivity index (χ4n) is 2.28. The van der Waals surface area contributed by atoms with Gasteiger partial charge in [0, 0.05) is 12.2 Å². The minimum atomic E-state index is -1.33. The first-order valence-electron chi connectivity index (χ1n) is 9.01. The number of nitrogens with two attached hydrogens (primary N) is 2. The van der Waals surface area contributed by atoms with Crippen molar-refractivity contribution in [2.24, 2.45) is 11.5 Å². The Bertz CT molecular complexity index is 590. The molecule has 0 heterocycles. The minimum Gasteiger partial charge on any atom is -0.481 e. The largest absolute Gasteiger partial charge is 0.481 e. The highest BCUT2D eigenvalue weighted by Crippen LogP contribution is 2.05. The van der Waals surface area contributed by atoms with E-state index in [1.165, 1.54) is 0 Å². The molecule has 0 bridgehead atoms. The molecule has 9 N–H and O–H groups in total. The predicted molar refractivity (Wildman–Crippen MR) is 106 cm³/mol. The summed E-state index contributed by atoms with van der Waals surface area (Å²) in [5.74, 6) is -4.89. The number of aliphatic carboxylic acids is 2. The number of thiol groups is 1. The third-order valence-electron chi connectivity index (χ3n) is 3.86. The van der Waals surface area contributed by atoms with Crippen LogP contribution in [0.25, 0.3) is 0 Å². The highest BCUT2D eigenvalue weighted by molar-refractivity contribution is 7.80. The van der Waals surface area contributed by atoms with E-state index in [9.17, 15) is 24.0 Å². The van der Waals surface area contributed by atoms with E-state index in [1.54, 1.807) is 0 Å². The van der Waals surface area contributed by atoms with Gasteiger partial charge < -0.3 is 37.6 Å². The van der Waals surface area contributed by atoms with Gasteiger partial charge in [-0.2, -0.15) is 12.6 Å². The van der Waals surface area contributed by atoms with Crippen LogP contribution < -0.4 is 27.4 Å². The number of carbonyl (C=O) groups excluding carboxylic acids is 3. The van der Waals surface area contributed by atoms with Gasteiger partial charge in [-0.1, -0.05) is 0 Å². The molecule has 0 saturated heterocycles. The topological polar surface area (TPSA) is 214 Å². The van der Waals surface area contributed by atoms with Gasteiger partial charge in [-0.3, -0.25) is 19.2 Å². The predicted octanol–water partition coefficient (Wildman–Crippen LogP) is -2.59. The van der Waals surface area contributed by atoms with E-state index in [-0.39, 0.29) is 25.1 Å². The van der Waals surface area contributed by atoms with Gasteiger partial charge in [0.25, 0.3) is 0 Å². The first-order chi connectivity index (χ1) is 13.7. The van der Waals surface area contributed by atoms with Gasteiger partial charge in [-0.05, 0) is 32.2 Å². The van der Waals surface area contributed by atoms with Crippen molar-refractivity contribution in [1.82, 2.24) is 16.0 Å². The summed E-state index contributed by atoms with van der Waals surface area (Å²) in [5.41, 5.74) is 10.7. The third kappa shape index (κ3) is 11.3. The molecule has 0 aliphatic rings. The lowest BCUT2D eigenvalue weighted by molar-refractivity contribution is -0.142. The lowest BCUT2D eigenvalue weighted by atomic mass is 10.1. The Morgan fingerprint density at radius 3 is 1.83 bits per heavy atom. The molecule has 0 saturated carbocycles. The Morgan fingerprint density at radius 2 is 1.38 bits per heavy atom. The molecule has 3 atom stereocenters. The van der Waals surface area contributed by atoms with E-state index in [2.05, 4.69) is 28.6 Å². The van der Waals surface area contributed by atoms with Gasteiger partial charge in [0.2, 0.25) is 17.7 Å². The maximum absolute atomic E-state index is 12.6. The van der Waals surface area contributed by atoms with Crippen LogP contribution in [0.1, 0.15) is 32.1 Å². The van der Waals surface area contributed by atoms with Crippen molar-refractivity contribution >= 4 is 42.3 Å². The van der Waals surface area contributed by atoms with Gasteiger partial charge >= 0.3 is 11.9 Å². The SMILES string of the molecule is NCCCCC(NC(=O)CN)C(=O)NC(CCC(=O)O)C(=O)NC(CS)C(=O)O. The maximum atomic E-state index is 12.6. The van der Waals surface area contributed by atoms with Crippen molar-refractivity contribution in [1.29, 1.82) is 0 Å². The molecule has 0 spiro atoms. The van der Waals surface area contributed by atoms with E-state index in [4.69, 9.17) is 21.7 Å². The lowest BCUT2D eigenvalue weighted by Gasteiger charge is -2.24. The average Bonchev–Trinajstić information content (AvgIpc) is 2.67. The van der Waals surface area contributed by atoms with Crippen LogP contribution in [0, 0.1) is 0 Å². The summed E-state index contributed by atoms with van der Waals surface area (Å²) in [6.45, 7) is 0.0506. The van der Waals surface area contributed by atoms with E-state index in [1.807, 2.05) is 0 Å². The summed E-state index contributed by atoms with van der Waals surface area (Å²) in [7, 11) is 0. The summed E-state index contributed by atoms with van der Waals surface area (Å²) >= 11 is 3.83. The molecule has 12 nitrogen and oxygen atoms in total. The zero-order valence-corrected chi connectivity index (χ0v) is 16.8. The number of unbranched alkanes of at least 4 members (excludes halogenated alkanes) is 1. The first kappa shape index (κ1) is 26.6. The molecular weight excluding hydrogens is 406 g/mol. The molecule has 29 heavy (non-hydrogen) atoms. The van der Waals surface area contributed by atoms with Crippen LogP contribution in [0.3, 0.4) is 0 Å². The first-order valence-corrected chi connectivity index (χ1v) is 9.65. The Morgan fingerprint density at radius 1 is 0.828 bits per heavy atom. The van der Waals surface area contributed by atoms with Gasteiger partial charge in [-0.25, -0.2) is 4.79 Å². The number of carboxylic acid groups (broad SMARTS) is 2. The Hall–Kier alpha value is -2.38. The molecule has 13 heteroatoms. The van der Waals surface area contributed by atoms with E-state index in [0.29, 0.717) is 19.4 Å². The van der Waals surface area contributed by atoms with Crippen molar-refractivity contribution < 1.29 is 34.2 Å². The molecule has 3 unspecified atom stereocenters. The quantitative estimate of drug-likeness (QED) is 0.0998. The number of hydrogen-bond acceptors (Lipinski definition) is 8. The Balaban J connectivity index is 5.28. The van der Waals surface area contributed by atoms with Crippen LogP contribution in [0.5, 0.6) is 0 Å². The fourth-order valence-corrected chi connectivity index (χ4v) is 2.53. The van der Waals surface area contributed by atoms with Crippen LogP contribution in [-0.4, -0.2) is 76.8 Å². The Kier molecular flexibility index (Phi) is 13.4. The highest BCUT2D eigenvalue weighted by Gasteiger charge is 2.29. The lowest BCUT2D eigenvalue weighted by Crippen LogP contribution is -2.56. The van der Waals surface area contributed by atoms with E-state index < -0.39 is 54.2 Å². The monoisotopic (exact) mass is 435 g/mol. The van der Waals surface area contributed by atoms with Crippen LogP contribution in [0.2, 0.25) is 0 Å². The maximum Gasteiger partial charge on any atom is 0.327 e. The molecule has 0 fully saturated rings. The van der Waals surface area contributed by atoms with Gasteiger partial charge in [-0.15, -0.1) is 0 Å².